The Bertz CT molecular complexity index is 233. The number of hydrogen-bond acceptors (Lipinski definition) is 1. The van der Waals surface area contributed by atoms with E-state index in [1.54, 1.807) is 0 Å². The van der Waals surface area contributed by atoms with Crippen LogP contribution in [0.4, 0.5) is 0 Å². The zero-order chi connectivity index (χ0) is 10.2. The fraction of sp³-hybridized carbons (Fsp3) is 0.500. The zero-order valence-electron chi connectivity index (χ0n) is 9.20. The minimum absolute atomic E-state index is 0.254. The third-order valence-corrected chi connectivity index (χ3v) is 3.24. The van der Waals surface area contributed by atoms with Crippen molar-refractivity contribution >= 4 is 9.76 Å². The second-order valence-electron chi connectivity index (χ2n) is 4.06. The summed E-state index contributed by atoms with van der Waals surface area (Å²) in [5.41, 5.74) is 2.20. The molecule has 1 nitrogen and oxygen atoms in total. The van der Waals surface area contributed by atoms with E-state index in [4.69, 9.17) is 4.43 Å². The number of rotatable bonds is 6. The average Bonchev–Trinajstić information content (AvgIpc) is 2.18. The molecule has 14 heavy (non-hydrogen) atoms. The minimum Gasteiger partial charge on any atom is -0.424 e. The van der Waals surface area contributed by atoms with Gasteiger partial charge in [0.1, 0.15) is 0 Å². The van der Waals surface area contributed by atoms with Crippen LogP contribution in [0.1, 0.15) is 25.8 Å². The predicted molar refractivity (Wildman–Crippen MR) is 64.4 cm³/mol. The molecule has 0 spiro atoms. The van der Waals surface area contributed by atoms with Gasteiger partial charge >= 0.3 is 0 Å². The zero-order valence-corrected chi connectivity index (χ0v) is 10.6. The number of hydrogen-bond donors (Lipinski definition) is 0. The summed E-state index contributed by atoms with van der Waals surface area (Å²) < 4.78 is 5.66. The third kappa shape index (κ3) is 5.20. The van der Waals surface area contributed by atoms with Gasteiger partial charge < -0.3 is 4.43 Å². The van der Waals surface area contributed by atoms with Gasteiger partial charge in [0.2, 0.25) is 0 Å². The highest BCUT2D eigenvalue weighted by Gasteiger charge is 1.95. The Kier molecular flexibility index (Phi) is 5.57. The van der Waals surface area contributed by atoms with Crippen molar-refractivity contribution in [1.29, 1.82) is 0 Å². The van der Waals surface area contributed by atoms with Gasteiger partial charge in [-0.05, 0) is 23.9 Å². The molecule has 78 valence electrons. The molecular weight excluding hydrogens is 188 g/mol. The van der Waals surface area contributed by atoms with Crippen LogP contribution in [0.2, 0.25) is 5.54 Å². The van der Waals surface area contributed by atoms with Crippen LogP contribution < -0.4 is 0 Å². The summed E-state index contributed by atoms with van der Waals surface area (Å²) in [6, 6.07) is 10.6. The first-order valence-electron chi connectivity index (χ1n) is 5.40. The van der Waals surface area contributed by atoms with Gasteiger partial charge in [0, 0.05) is 6.61 Å². The van der Waals surface area contributed by atoms with Crippen LogP contribution in [0, 0.1) is 0 Å². The van der Waals surface area contributed by atoms with Crippen molar-refractivity contribution in [3.63, 3.8) is 0 Å². The van der Waals surface area contributed by atoms with E-state index in [0.29, 0.717) is 0 Å². The third-order valence-electron chi connectivity index (χ3n) is 2.05. The molecule has 0 unspecified atom stereocenters. The standard InChI is InChI=1S/C12H20OSi/c1-11(2)14-13-10-6-9-12-7-4-3-5-8-12/h3-5,7-8,11H,6,9-10,14H2,1-2H3. The van der Waals surface area contributed by atoms with E-state index >= 15 is 0 Å². The van der Waals surface area contributed by atoms with Crippen LogP contribution in [-0.2, 0) is 10.8 Å². The minimum atomic E-state index is -0.254. The molecule has 0 amide bonds. The molecule has 0 aliphatic heterocycles. The Labute approximate surface area is 89.4 Å². The van der Waals surface area contributed by atoms with Crippen LogP contribution in [0.15, 0.2) is 30.3 Å². The van der Waals surface area contributed by atoms with Crippen molar-refractivity contribution in [3.05, 3.63) is 35.9 Å². The molecule has 1 rings (SSSR count). The van der Waals surface area contributed by atoms with Gasteiger partial charge in [-0.2, -0.15) is 0 Å². The van der Waals surface area contributed by atoms with Crippen molar-refractivity contribution in [2.75, 3.05) is 6.61 Å². The summed E-state index contributed by atoms with van der Waals surface area (Å²) in [6.45, 7) is 5.42. The van der Waals surface area contributed by atoms with Gasteiger partial charge in [0.25, 0.3) is 0 Å². The summed E-state index contributed by atoms with van der Waals surface area (Å²) in [5.74, 6) is 0. The first kappa shape index (κ1) is 11.5. The molecule has 0 saturated heterocycles. The molecule has 0 aliphatic rings. The topological polar surface area (TPSA) is 9.23 Å². The Balaban J connectivity index is 2.05. The molecule has 0 saturated carbocycles. The molecule has 0 atom stereocenters. The molecule has 1 aromatic rings. The van der Waals surface area contributed by atoms with Crippen molar-refractivity contribution in [1.82, 2.24) is 0 Å². The van der Waals surface area contributed by atoms with Crippen molar-refractivity contribution in [2.45, 2.75) is 32.2 Å². The Hall–Kier alpha value is -0.603. The first-order chi connectivity index (χ1) is 6.79. The van der Waals surface area contributed by atoms with Gasteiger partial charge in [-0.1, -0.05) is 44.2 Å². The molecule has 1 aromatic carbocycles. The molecule has 0 fully saturated rings. The second-order valence-corrected chi connectivity index (χ2v) is 6.43. The van der Waals surface area contributed by atoms with Crippen molar-refractivity contribution in [2.24, 2.45) is 0 Å². The van der Waals surface area contributed by atoms with E-state index in [1.807, 2.05) is 0 Å². The van der Waals surface area contributed by atoms with Crippen LogP contribution in [0.25, 0.3) is 0 Å². The molecule has 0 aliphatic carbocycles. The van der Waals surface area contributed by atoms with Crippen LogP contribution >= 0.6 is 0 Å². The predicted octanol–water partition coefficient (Wildman–Crippen LogP) is 2.55. The summed E-state index contributed by atoms with van der Waals surface area (Å²) in [4.78, 5) is 0. The van der Waals surface area contributed by atoms with E-state index in [1.165, 1.54) is 5.56 Å². The molecule has 0 heterocycles. The Morgan fingerprint density at radius 2 is 1.93 bits per heavy atom. The smallest absolute Gasteiger partial charge is 0.164 e. The molecule has 0 N–H and O–H groups in total. The maximum Gasteiger partial charge on any atom is 0.164 e. The van der Waals surface area contributed by atoms with E-state index in [2.05, 4.69) is 44.2 Å². The summed E-state index contributed by atoms with van der Waals surface area (Å²) in [6.07, 6.45) is 2.30. The molecule has 0 radical (unpaired) electrons. The van der Waals surface area contributed by atoms with Crippen LogP contribution in [-0.4, -0.2) is 16.4 Å². The fourth-order valence-electron chi connectivity index (χ4n) is 1.34. The Morgan fingerprint density at radius 3 is 2.57 bits per heavy atom. The Morgan fingerprint density at radius 1 is 1.21 bits per heavy atom. The highest BCUT2D eigenvalue weighted by Crippen LogP contribution is 2.03. The maximum atomic E-state index is 5.66. The molecule has 0 aromatic heterocycles. The maximum absolute atomic E-state index is 5.66. The number of benzene rings is 1. The van der Waals surface area contributed by atoms with Gasteiger partial charge in [0.05, 0.1) is 0 Å². The first-order valence-corrected chi connectivity index (χ1v) is 6.80. The SMILES string of the molecule is CC(C)[SiH2]OCCCc1ccccc1. The summed E-state index contributed by atoms with van der Waals surface area (Å²) in [5, 5.41) is 0. The van der Waals surface area contributed by atoms with Crippen molar-refractivity contribution in [3.8, 4) is 0 Å². The van der Waals surface area contributed by atoms with E-state index in [-0.39, 0.29) is 9.76 Å². The lowest BCUT2D eigenvalue weighted by Gasteiger charge is -2.05. The average molecular weight is 208 g/mol. The van der Waals surface area contributed by atoms with Crippen LogP contribution in [0.3, 0.4) is 0 Å². The fourth-order valence-corrected chi connectivity index (χ4v) is 2.18. The lowest BCUT2D eigenvalue weighted by atomic mass is 10.1. The molecule has 2 heteroatoms. The van der Waals surface area contributed by atoms with Gasteiger partial charge in [-0.15, -0.1) is 0 Å². The summed E-state index contributed by atoms with van der Waals surface area (Å²) >= 11 is 0. The lowest BCUT2D eigenvalue weighted by Crippen LogP contribution is -2.04. The second kappa shape index (κ2) is 6.79. The van der Waals surface area contributed by atoms with E-state index in [0.717, 1.165) is 25.0 Å². The monoisotopic (exact) mass is 208 g/mol. The van der Waals surface area contributed by atoms with E-state index in [9.17, 15) is 0 Å². The number of aryl methyl sites for hydroxylation is 1. The normalized spacial score (nSPS) is 11.6. The van der Waals surface area contributed by atoms with Crippen LogP contribution in [0.5, 0.6) is 0 Å². The highest BCUT2D eigenvalue weighted by atomic mass is 28.2. The highest BCUT2D eigenvalue weighted by molar-refractivity contribution is 6.29. The molecular formula is C12H20OSi. The molecule has 0 bridgehead atoms. The van der Waals surface area contributed by atoms with Gasteiger partial charge in [0.15, 0.2) is 9.76 Å². The quantitative estimate of drug-likeness (QED) is 0.516. The summed E-state index contributed by atoms with van der Waals surface area (Å²) in [7, 11) is -0.254. The van der Waals surface area contributed by atoms with Gasteiger partial charge in [-0.3, -0.25) is 0 Å². The van der Waals surface area contributed by atoms with Crippen molar-refractivity contribution < 1.29 is 4.43 Å². The van der Waals surface area contributed by atoms with Gasteiger partial charge in [-0.25, -0.2) is 0 Å². The van der Waals surface area contributed by atoms with E-state index < -0.39 is 0 Å². The largest absolute Gasteiger partial charge is 0.424 e. The lowest BCUT2D eigenvalue weighted by molar-refractivity contribution is 0.323.